The molecule has 232 valence electrons. The molecular weight excluding hydrogens is 518 g/mol. The van der Waals surface area contributed by atoms with Crippen LogP contribution in [0.3, 0.4) is 0 Å². The third-order valence-electron chi connectivity index (χ3n) is 9.06. The Hall–Kier alpha value is -2.22. The van der Waals surface area contributed by atoms with Gasteiger partial charge in [0.2, 0.25) is 0 Å². The number of nitrogens with zero attached hydrogens (tertiary/aromatic N) is 4. The summed E-state index contributed by atoms with van der Waals surface area (Å²) < 4.78 is 5.45. The number of piperazine rings is 1. The molecule has 2 aromatic rings. The van der Waals surface area contributed by atoms with E-state index in [-0.39, 0.29) is 0 Å². The zero-order chi connectivity index (χ0) is 30.2. The molecule has 42 heavy (non-hydrogen) atoms. The van der Waals surface area contributed by atoms with Crippen molar-refractivity contribution in [1.82, 2.24) is 20.0 Å². The summed E-state index contributed by atoms with van der Waals surface area (Å²) in [6.07, 6.45) is 4.72. The number of nitrogens with one attached hydrogen (secondary N) is 1. The Balaban J connectivity index is 1.44. The molecular formula is C36H57N5O. The zero-order valence-corrected chi connectivity index (χ0v) is 27.7. The second-order valence-electron chi connectivity index (χ2n) is 13.4. The van der Waals surface area contributed by atoms with Crippen molar-refractivity contribution < 1.29 is 4.74 Å². The minimum atomic E-state index is 0.377. The van der Waals surface area contributed by atoms with Crippen LogP contribution in [0.4, 0.5) is 5.69 Å². The van der Waals surface area contributed by atoms with Gasteiger partial charge in [0.15, 0.2) is 0 Å². The number of hydrogen-bond donors (Lipinski definition) is 1. The standard InChI is InChI=1S/C36H57N5O/c1-27(2)30-9-11-35(29-14-18-39(6)19-15-29)32(21-30)24-40(7)17-13-28(3)31-10-12-36(33(22-31)23-38(4)5)41-20-16-37-34(25-41)26-42-8/h9-12,14,21-22,27-28,34,37H,13,15-20,23-26H2,1-8H3. The minimum Gasteiger partial charge on any atom is -0.383 e. The Kier molecular flexibility index (Phi) is 12.1. The smallest absolute Gasteiger partial charge is 0.0633 e. The first kappa shape index (κ1) is 32.7. The first-order valence-corrected chi connectivity index (χ1v) is 16.1. The molecule has 0 amide bonds. The molecule has 2 atom stereocenters. The highest BCUT2D eigenvalue weighted by Gasteiger charge is 2.22. The summed E-state index contributed by atoms with van der Waals surface area (Å²) in [6.45, 7) is 16.0. The summed E-state index contributed by atoms with van der Waals surface area (Å²) in [5, 5.41) is 3.60. The lowest BCUT2D eigenvalue weighted by atomic mass is 9.90. The Morgan fingerprint density at radius 2 is 1.74 bits per heavy atom. The molecule has 1 N–H and O–H groups in total. The van der Waals surface area contributed by atoms with Crippen LogP contribution in [-0.2, 0) is 17.8 Å². The first-order chi connectivity index (χ1) is 20.1. The monoisotopic (exact) mass is 575 g/mol. The van der Waals surface area contributed by atoms with E-state index in [0.29, 0.717) is 17.9 Å². The lowest BCUT2D eigenvalue weighted by Gasteiger charge is -2.36. The summed E-state index contributed by atoms with van der Waals surface area (Å²) in [5.74, 6) is 1.05. The lowest BCUT2D eigenvalue weighted by molar-refractivity contribution is 0.163. The van der Waals surface area contributed by atoms with Crippen molar-refractivity contribution in [2.75, 3.05) is 86.1 Å². The predicted molar refractivity (Wildman–Crippen MR) is 180 cm³/mol. The van der Waals surface area contributed by atoms with Crippen LogP contribution < -0.4 is 10.2 Å². The Labute approximate surface area is 256 Å². The number of anilines is 1. The fourth-order valence-corrected chi connectivity index (χ4v) is 6.43. The van der Waals surface area contributed by atoms with Crippen LogP contribution in [0.2, 0.25) is 0 Å². The summed E-state index contributed by atoms with van der Waals surface area (Å²) in [5.41, 5.74) is 10.1. The number of benzene rings is 2. The Morgan fingerprint density at radius 1 is 0.976 bits per heavy atom. The van der Waals surface area contributed by atoms with E-state index in [1.165, 1.54) is 39.1 Å². The van der Waals surface area contributed by atoms with Crippen LogP contribution in [0.15, 0.2) is 42.5 Å². The van der Waals surface area contributed by atoms with Gasteiger partial charge in [0, 0.05) is 64.7 Å². The highest BCUT2D eigenvalue weighted by Crippen LogP contribution is 2.31. The van der Waals surface area contributed by atoms with Gasteiger partial charge in [0.25, 0.3) is 0 Å². The first-order valence-electron chi connectivity index (χ1n) is 16.1. The highest BCUT2D eigenvalue weighted by atomic mass is 16.5. The van der Waals surface area contributed by atoms with Crippen molar-refractivity contribution in [3.63, 3.8) is 0 Å². The molecule has 0 spiro atoms. The van der Waals surface area contributed by atoms with Gasteiger partial charge in [-0.2, -0.15) is 0 Å². The SMILES string of the molecule is COCC1CN(c2ccc(C(C)CCN(C)Cc3cc(C(C)C)ccc3C3=CCN(C)CC3)cc2CN(C)C)CCN1. The van der Waals surface area contributed by atoms with Crippen molar-refractivity contribution in [3.05, 3.63) is 70.3 Å². The van der Waals surface area contributed by atoms with E-state index in [1.807, 2.05) is 0 Å². The number of ether oxygens (including phenoxy) is 1. The van der Waals surface area contributed by atoms with Gasteiger partial charge >= 0.3 is 0 Å². The molecule has 1 saturated heterocycles. The second kappa shape index (κ2) is 15.5. The van der Waals surface area contributed by atoms with Crippen molar-refractivity contribution in [1.29, 1.82) is 0 Å². The molecule has 4 rings (SSSR count). The molecule has 0 radical (unpaired) electrons. The van der Waals surface area contributed by atoms with Crippen molar-refractivity contribution in [2.45, 2.75) is 64.6 Å². The van der Waals surface area contributed by atoms with Gasteiger partial charge in [-0.05, 0) is 98.9 Å². The van der Waals surface area contributed by atoms with Crippen molar-refractivity contribution in [3.8, 4) is 0 Å². The fourth-order valence-electron chi connectivity index (χ4n) is 6.43. The highest BCUT2D eigenvalue weighted by molar-refractivity contribution is 5.69. The van der Waals surface area contributed by atoms with Gasteiger partial charge in [-0.3, -0.25) is 0 Å². The number of methoxy groups -OCH3 is 1. The summed E-state index contributed by atoms with van der Waals surface area (Å²) in [7, 11) is 10.6. The van der Waals surface area contributed by atoms with Crippen molar-refractivity contribution >= 4 is 11.3 Å². The van der Waals surface area contributed by atoms with E-state index in [9.17, 15) is 0 Å². The topological polar surface area (TPSA) is 34.2 Å². The Morgan fingerprint density at radius 3 is 2.43 bits per heavy atom. The van der Waals surface area contributed by atoms with Crippen LogP contribution in [0.1, 0.15) is 73.3 Å². The molecule has 0 saturated carbocycles. The van der Waals surface area contributed by atoms with E-state index < -0.39 is 0 Å². The van der Waals surface area contributed by atoms with E-state index >= 15 is 0 Å². The molecule has 0 aromatic heterocycles. The zero-order valence-electron chi connectivity index (χ0n) is 27.7. The quantitative estimate of drug-likeness (QED) is 0.333. The van der Waals surface area contributed by atoms with Crippen LogP contribution in [0, 0.1) is 0 Å². The molecule has 2 aliphatic heterocycles. The van der Waals surface area contributed by atoms with E-state index in [4.69, 9.17) is 4.74 Å². The van der Waals surface area contributed by atoms with Gasteiger partial charge in [0.05, 0.1) is 6.61 Å². The fraction of sp³-hybridized carbons (Fsp3) is 0.611. The maximum Gasteiger partial charge on any atom is 0.0633 e. The lowest BCUT2D eigenvalue weighted by Crippen LogP contribution is -2.52. The summed E-state index contributed by atoms with van der Waals surface area (Å²) in [4.78, 5) is 9.76. The normalized spacial score (nSPS) is 19.2. The maximum atomic E-state index is 5.45. The van der Waals surface area contributed by atoms with E-state index in [1.54, 1.807) is 7.11 Å². The number of hydrogen-bond acceptors (Lipinski definition) is 6. The third kappa shape index (κ3) is 8.90. The Bertz CT molecular complexity index is 1170. The average molecular weight is 576 g/mol. The van der Waals surface area contributed by atoms with Crippen LogP contribution in [0.5, 0.6) is 0 Å². The molecule has 2 heterocycles. The third-order valence-corrected chi connectivity index (χ3v) is 9.06. The van der Waals surface area contributed by atoms with Crippen LogP contribution >= 0.6 is 0 Å². The van der Waals surface area contributed by atoms with Gasteiger partial charge < -0.3 is 29.7 Å². The van der Waals surface area contributed by atoms with Gasteiger partial charge in [-0.15, -0.1) is 0 Å². The van der Waals surface area contributed by atoms with Gasteiger partial charge in [-0.1, -0.05) is 57.2 Å². The van der Waals surface area contributed by atoms with E-state index in [0.717, 1.165) is 71.8 Å². The predicted octanol–water partition coefficient (Wildman–Crippen LogP) is 5.64. The average Bonchev–Trinajstić information content (AvgIpc) is 2.96. The maximum absolute atomic E-state index is 5.45. The summed E-state index contributed by atoms with van der Waals surface area (Å²) >= 11 is 0. The molecule has 6 heteroatoms. The van der Waals surface area contributed by atoms with E-state index in [2.05, 4.69) is 116 Å². The molecule has 2 unspecified atom stereocenters. The largest absolute Gasteiger partial charge is 0.383 e. The molecule has 0 bridgehead atoms. The minimum absolute atomic E-state index is 0.377. The second-order valence-corrected chi connectivity index (χ2v) is 13.4. The number of likely N-dealkylation sites (N-methyl/N-ethyl adjacent to an activating group) is 1. The molecule has 6 nitrogen and oxygen atoms in total. The number of rotatable bonds is 13. The molecule has 2 aliphatic rings. The van der Waals surface area contributed by atoms with Crippen molar-refractivity contribution in [2.24, 2.45) is 0 Å². The molecule has 2 aromatic carbocycles. The van der Waals surface area contributed by atoms with Crippen LogP contribution in [0.25, 0.3) is 5.57 Å². The molecule has 0 aliphatic carbocycles. The molecule has 1 fully saturated rings. The summed E-state index contributed by atoms with van der Waals surface area (Å²) in [6, 6.07) is 14.8. The van der Waals surface area contributed by atoms with Gasteiger partial charge in [-0.25, -0.2) is 0 Å². The van der Waals surface area contributed by atoms with Crippen LogP contribution in [-0.4, -0.2) is 102 Å². The van der Waals surface area contributed by atoms with Gasteiger partial charge in [0.1, 0.15) is 0 Å².